The summed E-state index contributed by atoms with van der Waals surface area (Å²) in [6.45, 7) is 5.34. The van der Waals surface area contributed by atoms with E-state index in [2.05, 4.69) is 68.7 Å². The summed E-state index contributed by atoms with van der Waals surface area (Å²) in [7, 11) is 0. The first-order valence-corrected chi connectivity index (χ1v) is 19.1. The van der Waals surface area contributed by atoms with Crippen LogP contribution in [0, 0.1) is 5.92 Å². The molecule has 3 fully saturated rings. The van der Waals surface area contributed by atoms with Crippen LogP contribution in [-0.2, 0) is 27.4 Å². The van der Waals surface area contributed by atoms with Gasteiger partial charge in [0.2, 0.25) is 5.91 Å². The van der Waals surface area contributed by atoms with E-state index in [1.165, 1.54) is 0 Å². The molecular formula is C45H47N5O5. The summed E-state index contributed by atoms with van der Waals surface area (Å²) < 4.78 is 13.7. The van der Waals surface area contributed by atoms with E-state index in [0.717, 1.165) is 65.0 Å². The quantitative estimate of drug-likeness (QED) is 0.151. The number of aromatic nitrogens is 1. The molecule has 5 aromatic rings. The van der Waals surface area contributed by atoms with Gasteiger partial charge in [0, 0.05) is 55.7 Å². The van der Waals surface area contributed by atoms with Crippen molar-refractivity contribution in [1.29, 1.82) is 0 Å². The van der Waals surface area contributed by atoms with E-state index in [4.69, 9.17) is 9.47 Å². The van der Waals surface area contributed by atoms with Crippen LogP contribution in [0.3, 0.4) is 0 Å². The summed E-state index contributed by atoms with van der Waals surface area (Å²) in [6, 6.07) is 38.1. The summed E-state index contributed by atoms with van der Waals surface area (Å²) >= 11 is 0. The summed E-state index contributed by atoms with van der Waals surface area (Å²) in [5.41, 5.74) is 6.87. The van der Waals surface area contributed by atoms with Crippen molar-refractivity contribution in [3.05, 3.63) is 155 Å². The van der Waals surface area contributed by atoms with Crippen molar-refractivity contribution in [2.24, 2.45) is 5.92 Å². The lowest BCUT2D eigenvalue weighted by Crippen LogP contribution is -2.57. The minimum atomic E-state index is -0.615. The Kier molecular flexibility index (Phi) is 10.7. The lowest BCUT2D eigenvalue weighted by molar-refractivity contribution is -0.276. The van der Waals surface area contributed by atoms with Gasteiger partial charge in [0.15, 0.2) is 6.29 Å². The van der Waals surface area contributed by atoms with Crippen LogP contribution in [0.5, 0.6) is 0 Å². The number of carbonyl (C=O) groups is 2. The molecule has 1 spiro atoms. The highest BCUT2D eigenvalue weighted by atomic mass is 16.7. The smallest absolute Gasteiger partial charge is 0.253 e. The van der Waals surface area contributed by atoms with Crippen molar-refractivity contribution in [3.63, 3.8) is 0 Å². The van der Waals surface area contributed by atoms with Crippen LogP contribution in [0.1, 0.15) is 64.8 Å². The summed E-state index contributed by atoms with van der Waals surface area (Å²) in [4.78, 5) is 34.7. The number of aliphatic hydroxyl groups excluding tert-OH is 1. The summed E-state index contributed by atoms with van der Waals surface area (Å²) in [5, 5.41) is 15.8. The first kappa shape index (κ1) is 36.6. The van der Waals surface area contributed by atoms with Gasteiger partial charge < -0.3 is 35.0 Å². The highest BCUT2D eigenvalue weighted by Gasteiger charge is 2.51. The minimum absolute atomic E-state index is 0.0171. The number of ether oxygens (including phenoxy) is 2. The molecule has 10 nitrogen and oxygen atoms in total. The van der Waals surface area contributed by atoms with E-state index in [1.807, 2.05) is 66.7 Å². The second-order valence-corrected chi connectivity index (χ2v) is 14.8. The van der Waals surface area contributed by atoms with Crippen LogP contribution in [0.4, 0.5) is 5.69 Å². The molecule has 0 aliphatic carbocycles. The summed E-state index contributed by atoms with van der Waals surface area (Å²) in [5.74, 6) is -0.0267. The predicted molar refractivity (Wildman–Crippen MR) is 211 cm³/mol. The van der Waals surface area contributed by atoms with Gasteiger partial charge in [0.25, 0.3) is 5.91 Å². The Hall–Kier alpha value is -5.39. The minimum Gasteiger partial charge on any atom is -0.392 e. The van der Waals surface area contributed by atoms with Crippen LogP contribution in [-0.4, -0.2) is 64.8 Å². The standard InChI is InChI=1S/C45H47N5O5/c1-31-40(28-49-22-19-45(20-23-49)44(53)48-30-50(45)39-13-3-2-4-14-39)54-43(55-41(31)34-17-15-32(29-51)16-18-34)37-11-6-10-36(25-37)35-9-5-8-33(24-35)26-47-42(52)38-12-7-21-46-27-38/h2-18,21,24-25,27,31,40-41,43,51H,19-20,22-23,26,28-30H2,1H3,(H,47,52)(H,48,53)/t31-,40+,41+,43+/m1/s1. The van der Waals surface area contributed by atoms with Gasteiger partial charge in [0.1, 0.15) is 5.54 Å². The van der Waals surface area contributed by atoms with E-state index in [9.17, 15) is 14.7 Å². The van der Waals surface area contributed by atoms with Gasteiger partial charge in [-0.15, -0.1) is 0 Å². The molecule has 3 saturated heterocycles. The number of aliphatic hydroxyl groups is 1. The van der Waals surface area contributed by atoms with E-state index < -0.39 is 11.8 Å². The zero-order valence-corrected chi connectivity index (χ0v) is 31.0. The fraction of sp³-hybridized carbons (Fsp3) is 0.311. The van der Waals surface area contributed by atoms with E-state index >= 15 is 0 Å². The fourth-order valence-electron chi connectivity index (χ4n) is 8.23. The van der Waals surface area contributed by atoms with Gasteiger partial charge in [-0.3, -0.25) is 14.6 Å². The number of nitrogens with zero attached hydrogens (tertiary/aromatic N) is 3. The SMILES string of the molecule is C[C@@H]1[C@H](CN2CCC3(CC2)C(=O)NCN3c2ccccc2)O[C@H](c2cccc(-c3cccc(CNC(=O)c4cccnc4)c3)c2)O[C@@H]1c1ccc(CO)cc1. The maximum absolute atomic E-state index is 13.3. The Morgan fingerprint density at radius 3 is 2.38 bits per heavy atom. The van der Waals surface area contributed by atoms with Crippen LogP contribution in [0.15, 0.2) is 128 Å². The molecule has 4 heterocycles. The van der Waals surface area contributed by atoms with E-state index in [1.54, 1.807) is 24.5 Å². The highest BCUT2D eigenvalue weighted by molar-refractivity contribution is 5.94. The zero-order chi connectivity index (χ0) is 37.8. The molecule has 3 aliphatic heterocycles. The molecule has 0 unspecified atom stereocenters. The van der Waals surface area contributed by atoms with Gasteiger partial charge in [-0.25, -0.2) is 0 Å². The topological polar surface area (TPSA) is 116 Å². The molecule has 0 bridgehead atoms. The van der Waals surface area contributed by atoms with Gasteiger partial charge >= 0.3 is 0 Å². The first-order valence-electron chi connectivity index (χ1n) is 19.1. The number of para-hydroxylation sites is 1. The van der Waals surface area contributed by atoms with Crippen molar-refractivity contribution < 1.29 is 24.2 Å². The van der Waals surface area contributed by atoms with E-state index in [-0.39, 0.29) is 36.5 Å². The maximum atomic E-state index is 13.3. The largest absolute Gasteiger partial charge is 0.392 e. The average Bonchev–Trinajstić information content (AvgIpc) is 3.56. The number of likely N-dealkylation sites (tertiary alicyclic amines) is 1. The molecule has 4 atom stereocenters. The van der Waals surface area contributed by atoms with Crippen molar-refractivity contribution in [3.8, 4) is 11.1 Å². The third-order valence-electron chi connectivity index (χ3n) is 11.4. The van der Waals surface area contributed by atoms with Crippen LogP contribution >= 0.6 is 0 Å². The number of amides is 2. The molecule has 55 heavy (non-hydrogen) atoms. The highest BCUT2D eigenvalue weighted by Crippen LogP contribution is 2.43. The number of pyridine rings is 1. The van der Waals surface area contributed by atoms with Gasteiger partial charge in [-0.05, 0) is 77.1 Å². The van der Waals surface area contributed by atoms with Gasteiger partial charge in [-0.2, -0.15) is 0 Å². The molecule has 3 aliphatic rings. The molecule has 0 saturated carbocycles. The van der Waals surface area contributed by atoms with Crippen molar-refractivity contribution in [2.75, 3.05) is 31.2 Å². The maximum Gasteiger partial charge on any atom is 0.253 e. The second-order valence-electron chi connectivity index (χ2n) is 14.8. The van der Waals surface area contributed by atoms with Crippen molar-refractivity contribution >= 4 is 17.5 Å². The van der Waals surface area contributed by atoms with Gasteiger partial charge in [0.05, 0.1) is 31.0 Å². The van der Waals surface area contributed by atoms with Crippen molar-refractivity contribution in [1.82, 2.24) is 20.5 Å². The fourth-order valence-corrected chi connectivity index (χ4v) is 8.23. The Morgan fingerprint density at radius 1 is 0.873 bits per heavy atom. The number of carbonyl (C=O) groups excluding carboxylic acids is 2. The molecule has 3 N–H and O–H groups in total. The molecule has 2 amide bonds. The Balaban J connectivity index is 1.00. The average molecular weight is 738 g/mol. The Labute approximate surface area is 322 Å². The molecule has 10 heteroatoms. The monoisotopic (exact) mass is 737 g/mol. The van der Waals surface area contributed by atoms with E-state index in [0.29, 0.717) is 25.3 Å². The summed E-state index contributed by atoms with van der Waals surface area (Å²) in [6.07, 6.45) is 3.67. The molecule has 0 radical (unpaired) electrons. The normalized spacial score (nSPS) is 22.4. The molecule has 8 rings (SSSR count). The Morgan fingerprint density at radius 2 is 1.64 bits per heavy atom. The third kappa shape index (κ3) is 7.77. The number of rotatable bonds is 10. The number of hydrogen-bond acceptors (Lipinski definition) is 8. The molecular weight excluding hydrogens is 691 g/mol. The molecule has 282 valence electrons. The van der Waals surface area contributed by atoms with Gasteiger partial charge in [-0.1, -0.05) is 85.8 Å². The first-order chi connectivity index (χ1) is 26.9. The second kappa shape index (κ2) is 16.1. The number of piperidine rings is 1. The molecule has 1 aromatic heterocycles. The van der Waals surface area contributed by atoms with Crippen LogP contribution in [0.2, 0.25) is 0 Å². The number of hydrogen-bond donors (Lipinski definition) is 3. The molecule has 4 aromatic carbocycles. The Bertz CT molecular complexity index is 2090. The van der Waals surface area contributed by atoms with Crippen LogP contribution < -0.4 is 15.5 Å². The lowest BCUT2D eigenvalue weighted by atomic mass is 9.84. The number of nitrogens with one attached hydrogen (secondary N) is 2. The number of anilines is 1. The zero-order valence-electron chi connectivity index (χ0n) is 31.0. The predicted octanol–water partition coefficient (Wildman–Crippen LogP) is 6.39. The lowest BCUT2D eigenvalue weighted by Gasteiger charge is -2.46. The third-order valence-corrected chi connectivity index (χ3v) is 11.4. The van der Waals surface area contributed by atoms with Crippen LogP contribution in [0.25, 0.3) is 11.1 Å². The van der Waals surface area contributed by atoms with Crippen molar-refractivity contribution in [2.45, 2.75) is 57.0 Å². The number of benzene rings is 4.